The van der Waals surface area contributed by atoms with Gasteiger partial charge in [-0.05, 0) is 23.3 Å². The Balaban J connectivity index is 1.90. The van der Waals surface area contributed by atoms with Crippen LogP contribution in [-0.4, -0.2) is 32.5 Å². The third kappa shape index (κ3) is 2.80. The number of hydrogen-bond donors (Lipinski definition) is 1. The molecule has 1 unspecified atom stereocenters. The van der Waals surface area contributed by atoms with Gasteiger partial charge in [-0.3, -0.25) is 13.9 Å². The van der Waals surface area contributed by atoms with Crippen molar-refractivity contribution >= 4 is 10.9 Å². The molecule has 0 aliphatic carbocycles. The second-order valence-corrected chi connectivity index (χ2v) is 7.86. The first-order valence-corrected chi connectivity index (χ1v) is 10.3. The summed E-state index contributed by atoms with van der Waals surface area (Å²) in [5.74, 6) is 0.353. The number of phenols is 1. The molecule has 0 saturated heterocycles. The van der Waals surface area contributed by atoms with Gasteiger partial charge in [-0.25, -0.2) is 4.79 Å². The smallest absolute Gasteiger partial charge is 0.331 e. The number of benzene rings is 2. The Morgan fingerprint density at radius 2 is 1.81 bits per heavy atom. The molecule has 1 N–H and O–H groups in total. The zero-order valence-electron chi connectivity index (χ0n) is 18.0. The van der Waals surface area contributed by atoms with Crippen molar-refractivity contribution in [1.29, 1.82) is 0 Å². The Bertz CT molecular complexity index is 1460. The molecule has 1 aliphatic heterocycles. The zero-order chi connectivity index (χ0) is 22.6. The standard InChI is InChI=1S/C24H23N3O5/c1-25-20-18(23(29)26(2)24(25)30)19(14-7-5-4-6-8-14)27-11-12-32-22(21(20)27)15-9-10-17(31-3)16(28)13-15/h4-10,13,22,28H,11-12H2,1-3H3. The number of phenolic OH excluding ortho intramolecular Hbond substituents is 1. The van der Waals surface area contributed by atoms with Gasteiger partial charge in [0.1, 0.15) is 6.10 Å². The highest BCUT2D eigenvalue weighted by Crippen LogP contribution is 2.42. The van der Waals surface area contributed by atoms with E-state index < -0.39 is 11.8 Å². The van der Waals surface area contributed by atoms with Crippen LogP contribution in [0.1, 0.15) is 17.4 Å². The first-order chi connectivity index (χ1) is 15.4. The van der Waals surface area contributed by atoms with E-state index >= 15 is 0 Å². The van der Waals surface area contributed by atoms with E-state index in [4.69, 9.17) is 9.47 Å². The summed E-state index contributed by atoms with van der Waals surface area (Å²) < 4.78 is 16.0. The molecular weight excluding hydrogens is 410 g/mol. The van der Waals surface area contributed by atoms with E-state index in [9.17, 15) is 14.7 Å². The maximum absolute atomic E-state index is 13.3. The molecular formula is C24H23N3O5. The maximum Gasteiger partial charge on any atom is 0.331 e. The molecule has 4 aromatic rings. The highest BCUT2D eigenvalue weighted by molar-refractivity contribution is 5.96. The van der Waals surface area contributed by atoms with Crippen molar-refractivity contribution in [1.82, 2.24) is 13.7 Å². The Labute approximate surface area is 183 Å². The number of aromatic hydroxyl groups is 1. The van der Waals surface area contributed by atoms with Crippen molar-refractivity contribution in [2.24, 2.45) is 14.1 Å². The zero-order valence-corrected chi connectivity index (χ0v) is 18.0. The van der Waals surface area contributed by atoms with Crippen LogP contribution in [0.5, 0.6) is 11.5 Å². The molecule has 0 bridgehead atoms. The third-order valence-corrected chi connectivity index (χ3v) is 6.11. The molecule has 0 spiro atoms. The summed E-state index contributed by atoms with van der Waals surface area (Å²) >= 11 is 0. The molecule has 2 aromatic heterocycles. The van der Waals surface area contributed by atoms with Crippen molar-refractivity contribution in [3.63, 3.8) is 0 Å². The summed E-state index contributed by atoms with van der Waals surface area (Å²) in [5.41, 5.74) is 2.86. The van der Waals surface area contributed by atoms with Crippen LogP contribution in [0.2, 0.25) is 0 Å². The molecule has 1 atom stereocenters. The van der Waals surface area contributed by atoms with Gasteiger partial charge >= 0.3 is 5.69 Å². The third-order valence-electron chi connectivity index (χ3n) is 6.11. The summed E-state index contributed by atoms with van der Waals surface area (Å²) in [6.45, 7) is 0.948. The predicted octanol–water partition coefficient (Wildman–Crippen LogP) is 2.54. The van der Waals surface area contributed by atoms with Gasteiger partial charge in [0.25, 0.3) is 5.56 Å². The van der Waals surface area contributed by atoms with Gasteiger partial charge in [0.15, 0.2) is 11.5 Å². The van der Waals surface area contributed by atoms with Gasteiger partial charge in [-0.2, -0.15) is 0 Å². The van der Waals surface area contributed by atoms with Gasteiger partial charge in [0, 0.05) is 20.6 Å². The van der Waals surface area contributed by atoms with Crippen LogP contribution in [0.3, 0.4) is 0 Å². The Kier molecular flexibility index (Phi) is 4.67. The van der Waals surface area contributed by atoms with Crippen LogP contribution in [0, 0.1) is 0 Å². The molecule has 0 fully saturated rings. The lowest BCUT2D eigenvalue weighted by atomic mass is 10.0. The van der Waals surface area contributed by atoms with E-state index in [1.165, 1.54) is 18.7 Å². The topological polar surface area (TPSA) is 87.6 Å². The fourth-order valence-electron chi connectivity index (χ4n) is 4.60. The minimum absolute atomic E-state index is 0.00493. The van der Waals surface area contributed by atoms with Crippen LogP contribution in [0.25, 0.3) is 22.2 Å². The number of methoxy groups -OCH3 is 1. The van der Waals surface area contributed by atoms with Crippen LogP contribution in [-0.2, 0) is 25.4 Å². The van der Waals surface area contributed by atoms with E-state index in [2.05, 4.69) is 4.57 Å². The molecule has 0 saturated carbocycles. The molecule has 5 rings (SSSR count). The molecule has 0 amide bonds. The minimum atomic E-state index is -0.571. The Hall–Kier alpha value is -3.78. The number of nitrogens with zero attached hydrogens (tertiary/aromatic N) is 3. The molecule has 1 aliphatic rings. The van der Waals surface area contributed by atoms with Gasteiger partial charge in [0.2, 0.25) is 0 Å². The number of aryl methyl sites for hydroxylation is 1. The van der Waals surface area contributed by atoms with E-state index in [1.54, 1.807) is 19.2 Å². The van der Waals surface area contributed by atoms with Crippen LogP contribution in [0.15, 0.2) is 58.1 Å². The van der Waals surface area contributed by atoms with E-state index in [1.807, 2.05) is 36.4 Å². The monoisotopic (exact) mass is 433 g/mol. The Morgan fingerprint density at radius 1 is 1.06 bits per heavy atom. The molecule has 164 valence electrons. The molecule has 8 heteroatoms. The average Bonchev–Trinajstić information content (AvgIpc) is 3.17. The first-order valence-electron chi connectivity index (χ1n) is 10.3. The first kappa shape index (κ1) is 20.1. The normalized spacial score (nSPS) is 15.7. The number of hydrogen-bond acceptors (Lipinski definition) is 5. The fourth-order valence-corrected chi connectivity index (χ4v) is 4.60. The highest BCUT2D eigenvalue weighted by Gasteiger charge is 2.33. The summed E-state index contributed by atoms with van der Waals surface area (Å²) in [6.07, 6.45) is -0.571. The second kappa shape index (κ2) is 7.42. The minimum Gasteiger partial charge on any atom is -0.504 e. The number of ether oxygens (including phenoxy) is 2. The van der Waals surface area contributed by atoms with Gasteiger partial charge in [0.05, 0.1) is 36.0 Å². The summed E-state index contributed by atoms with van der Waals surface area (Å²) in [6, 6.07) is 14.8. The largest absolute Gasteiger partial charge is 0.504 e. The van der Waals surface area contributed by atoms with Crippen LogP contribution < -0.4 is 16.0 Å². The maximum atomic E-state index is 13.3. The quantitative estimate of drug-likeness (QED) is 0.537. The SMILES string of the molecule is COc1ccc(C2OCCn3c(-c4ccccc4)c4c(=O)n(C)c(=O)n(C)c4c32)cc1O. The average molecular weight is 433 g/mol. The van der Waals surface area contributed by atoms with E-state index in [0.717, 1.165) is 15.8 Å². The number of aromatic nitrogens is 3. The Morgan fingerprint density at radius 3 is 2.50 bits per heavy atom. The lowest BCUT2D eigenvalue weighted by molar-refractivity contribution is 0.0477. The molecule has 2 aromatic carbocycles. The van der Waals surface area contributed by atoms with Gasteiger partial charge < -0.3 is 19.1 Å². The molecule has 8 nitrogen and oxygen atoms in total. The predicted molar refractivity (Wildman–Crippen MR) is 120 cm³/mol. The lowest BCUT2D eigenvalue weighted by Gasteiger charge is -2.28. The summed E-state index contributed by atoms with van der Waals surface area (Å²) in [7, 11) is 4.64. The lowest BCUT2D eigenvalue weighted by Crippen LogP contribution is -2.37. The summed E-state index contributed by atoms with van der Waals surface area (Å²) in [5, 5.41) is 10.8. The van der Waals surface area contributed by atoms with Crippen molar-refractivity contribution in [3.05, 3.63) is 80.6 Å². The van der Waals surface area contributed by atoms with Gasteiger partial charge in [-0.15, -0.1) is 0 Å². The highest BCUT2D eigenvalue weighted by atomic mass is 16.5. The van der Waals surface area contributed by atoms with Crippen molar-refractivity contribution < 1.29 is 14.6 Å². The van der Waals surface area contributed by atoms with Crippen LogP contribution in [0.4, 0.5) is 0 Å². The van der Waals surface area contributed by atoms with E-state index in [-0.39, 0.29) is 11.3 Å². The van der Waals surface area contributed by atoms with Crippen molar-refractivity contribution in [2.45, 2.75) is 12.6 Å². The van der Waals surface area contributed by atoms with Gasteiger partial charge in [-0.1, -0.05) is 36.4 Å². The fraction of sp³-hybridized carbons (Fsp3) is 0.250. The second-order valence-electron chi connectivity index (χ2n) is 7.86. The number of rotatable bonds is 3. The number of fused-ring (bicyclic) bond motifs is 3. The van der Waals surface area contributed by atoms with Crippen molar-refractivity contribution in [3.8, 4) is 22.8 Å². The van der Waals surface area contributed by atoms with E-state index in [0.29, 0.717) is 41.1 Å². The molecule has 0 radical (unpaired) electrons. The van der Waals surface area contributed by atoms with Crippen molar-refractivity contribution in [2.75, 3.05) is 13.7 Å². The summed E-state index contributed by atoms with van der Waals surface area (Å²) in [4.78, 5) is 26.2. The van der Waals surface area contributed by atoms with Crippen LogP contribution >= 0.6 is 0 Å². The molecule has 3 heterocycles. The molecule has 32 heavy (non-hydrogen) atoms.